The first-order valence-electron chi connectivity index (χ1n) is 11.8. The van der Waals surface area contributed by atoms with E-state index < -0.39 is 0 Å². The fourth-order valence-electron chi connectivity index (χ4n) is 4.26. The second-order valence-electron chi connectivity index (χ2n) is 8.83. The molecule has 0 saturated carbocycles. The molecule has 0 aliphatic rings. The Labute approximate surface area is 192 Å². The number of para-hydroxylation sites is 2. The van der Waals surface area contributed by atoms with Crippen molar-refractivity contribution in [2.24, 2.45) is 0 Å². The molecule has 0 bridgehead atoms. The van der Waals surface area contributed by atoms with E-state index in [1.54, 1.807) is 0 Å². The number of unbranched alkanes of at least 4 members (excludes halogenated alkanes) is 1. The summed E-state index contributed by atoms with van der Waals surface area (Å²) in [6.45, 7) is 10.5. The van der Waals surface area contributed by atoms with E-state index in [9.17, 15) is 0 Å². The third-order valence-electron chi connectivity index (χ3n) is 6.38. The van der Waals surface area contributed by atoms with Gasteiger partial charge in [-0.25, -0.2) is 4.98 Å². The molecule has 0 N–H and O–H groups in total. The number of rotatable bonds is 9. The minimum atomic E-state index is 0.598. The quantitative estimate of drug-likeness (QED) is 0.256. The van der Waals surface area contributed by atoms with Crippen LogP contribution in [0.15, 0.2) is 66.7 Å². The average molecular weight is 427 g/mol. The van der Waals surface area contributed by atoms with Gasteiger partial charge in [0.15, 0.2) is 0 Å². The first-order valence-corrected chi connectivity index (χ1v) is 11.8. The number of ether oxygens (including phenoxy) is 1. The van der Waals surface area contributed by atoms with E-state index in [0.29, 0.717) is 5.92 Å². The summed E-state index contributed by atoms with van der Waals surface area (Å²) in [4.78, 5) is 4.98. The van der Waals surface area contributed by atoms with Gasteiger partial charge in [0.05, 0.1) is 17.6 Å². The van der Waals surface area contributed by atoms with Gasteiger partial charge in [0.1, 0.15) is 11.6 Å². The van der Waals surface area contributed by atoms with E-state index in [1.807, 2.05) is 0 Å². The summed E-state index contributed by atoms with van der Waals surface area (Å²) in [6.07, 6.45) is 3.21. The molecular formula is C29H34N2O. The molecule has 3 heteroatoms. The van der Waals surface area contributed by atoms with Crippen molar-refractivity contribution in [3.05, 3.63) is 83.4 Å². The van der Waals surface area contributed by atoms with Gasteiger partial charge in [-0.1, -0.05) is 61.9 Å². The molecule has 4 rings (SSSR count). The largest absolute Gasteiger partial charge is 0.494 e. The highest BCUT2D eigenvalue weighted by Gasteiger charge is 2.14. The summed E-state index contributed by atoms with van der Waals surface area (Å²) in [7, 11) is 0. The van der Waals surface area contributed by atoms with Gasteiger partial charge in [-0.15, -0.1) is 0 Å². The fraction of sp³-hybridized carbons (Fsp3) is 0.345. The van der Waals surface area contributed by atoms with Crippen LogP contribution >= 0.6 is 0 Å². The van der Waals surface area contributed by atoms with Crippen molar-refractivity contribution in [2.75, 3.05) is 6.61 Å². The van der Waals surface area contributed by atoms with Crippen molar-refractivity contribution in [2.45, 2.75) is 59.4 Å². The molecule has 1 aromatic heterocycles. The second-order valence-corrected chi connectivity index (χ2v) is 8.83. The lowest BCUT2D eigenvalue weighted by Crippen LogP contribution is -2.04. The second kappa shape index (κ2) is 10.0. The zero-order valence-electron chi connectivity index (χ0n) is 19.8. The smallest absolute Gasteiger partial charge is 0.141 e. The maximum atomic E-state index is 6.00. The number of hydrogen-bond donors (Lipinski definition) is 0. The topological polar surface area (TPSA) is 27.1 Å². The van der Waals surface area contributed by atoms with Crippen LogP contribution in [0.4, 0.5) is 0 Å². The molecule has 0 aliphatic carbocycles. The minimum Gasteiger partial charge on any atom is -0.494 e. The predicted octanol–water partition coefficient (Wildman–Crippen LogP) is 7.69. The standard InChI is InChI=1S/C29H34N2O/c1-5-22(3)24-13-15-25(16-14-24)32-19-9-8-18-31-28-11-7-6-10-27(28)30-29(31)26-17-12-21(2)20-23(26)4/h6-7,10-17,20,22H,5,8-9,18-19H2,1-4H3. The molecule has 0 fully saturated rings. The number of aryl methyl sites for hydroxylation is 3. The minimum absolute atomic E-state index is 0.598. The van der Waals surface area contributed by atoms with Crippen molar-refractivity contribution in [1.29, 1.82) is 0 Å². The Morgan fingerprint density at radius 2 is 1.72 bits per heavy atom. The van der Waals surface area contributed by atoms with Crippen LogP contribution < -0.4 is 4.74 Å². The van der Waals surface area contributed by atoms with Crippen LogP contribution in [-0.4, -0.2) is 16.2 Å². The lowest BCUT2D eigenvalue weighted by molar-refractivity contribution is 0.303. The number of fused-ring (bicyclic) bond motifs is 1. The zero-order chi connectivity index (χ0) is 22.5. The van der Waals surface area contributed by atoms with Crippen molar-refractivity contribution in [3.8, 4) is 17.1 Å². The molecule has 3 aromatic carbocycles. The summed E-state index contributed by atoms with van der Waals surface area (Å²) in [5, 5.41) is 0. The zero-order valence-corrected chi connectivity index (χ0v) is 19.8. The SMILES string of the molecule is CCC(C)c1ccc(OCCCCn2c(-c3ccc(C)cc3C)nc3ccccc32)cc1. The Hall–Kier alpha value is -3.07. The van der Waals surface area contributed by atoms with Crippen LogP contribution in [0.3, 0.4) is 0 Å². The Kier molecular flexibility index (Phi) is 6.94. The first-order chi connectivity index (χ1) is 15.6. The summed E-state index contributed by atoms with van der Waals surface area (Å²) < 4.78 is 8.37. The van der Waals surface area contributed by atoms with Crippen LogP contribution in [0.2, 0.25) is 0 Å². The number of imidazole rings is 1. The van der Waals surface area contributed by atoms with Crippen LogP contribution in [0.25, 0.3) is 22.4 Å². The highest BCUT2D eigenvalue weighted by molar-refractivity contribution is 5.81. The maximum absolute atomic E-state index is 6.00. The van der Waals surface area contributed by atoms with Gasteiger partial charge in [0.25, 0.3) is 0 Å². The summed E-state index contributed by atoms with van der Waals surface area (Å²) in [5.41, 5.74) is 7.40. The van der Waals surface area contributed by atoms with Crippen LogP contribution in [0, 0.1) is 13.8 Å². The Morgan fingerprint density at radius 1 is 0.938 bits per heavy atom. The van der Waals surface area contributed by atoms with Crippen molar-refractivity contribution < 1.29 is 4.74 Å². The van der Waals surface area contributed by atoms with Crippen molar-refractivity contribution in [3.63, 3.8) is 0 Å². The number of benzene rings is 3. The van der Waals surface area contributed by atoms with Crippen LogP contribution in [0.1, 0.15) is 55.7 Å². The number of nitrogens with zero attached hydrogens (tertiary/aromatic N) is 2. The molecule has 3 nitrogen and oxygen atoms in total. The van der Waals surface area contributed by atoms with E-state index in [1.165, 1.54) is 27.8 Å². The first kappa shape index (κ1) is 22.1. The molecule has 0 spiro atoms. The van der Waals surface area contributed by atoms with Crippen molar-refractivity contribution >= 4 is 11.0 Å². The van der Waals surface area contributed by atoms with Gasteiger partial charge in [-0.3, -0.25) is 0 Å². The van der Waals surface area contributed by atoms with Gasteiger partial charge in [-0.05, 0) is 74.4 Å². The molecule has 0 aliphatic heterocycles. The third kappa shape index (κ3) is 4.88. The maximum Gasteiger partial charge on any atom is 0.141 e. The van der Waals surface area contributed by atoms with Gasteiger partial charge < -0.3 is 9.30 Å². The predicted molar refractivity (Wildman–Crippen MR) is 135 cm³/mol. The van der Waals surface area contributed by atoms with E-state index in [2.05, 4.69) is 99.0 Å². The van der Waals surface area contributed by atoms with Gasteiger partial charge in [0.2, 0.25) is 0 Å². The third-order valence-corrected chi connectivity index (χ3v) is 6.38. The number of hydrogen-bond acceptors (Lipinski definition) is 2. The molecule has 32 heavy (non-hydrogen) atoms. The van der Waals surface area contributed by atoms with Crippen LogP contribution in [-0.2, 0) is 6.54 Å². The molecule has 1 atom stereocenters. The number of aromatic nitrogens is 2. The molecule has 1 unspecified atom stereocenters. The van der Waals surface area contributed by atoms with Crippen molar-refractivity contribution in [1.82, 2.24) is 9.55 Å². The molecule has 0 saturated heterocycles. The van der Waals surface area contributed by atoms with Gasteiger partial charge >= 0.3 is 0 Å². The van der Waals surface area contributed by atoms with E-state index in [4.69, 9.17) is 9.72 Å². The van der Waals surface area contributed by atoms with Gasteiger partial charge in [-0.2, -0.15) is 0 Å². The van der Waals surface area contributed by atoms with E-state index >= 15 is 0 Å². The summed E-state index contributed by atoms with van der Waals surface area (Å²) in [6, 6.07) is 23.6. The highest BCUT2D eigenvalue weighted by Crippen LogP contribution is 2.28. The average Bonchev–Trinajstić information content (AvgIpc) is 3.17. The molecule has 4 aromatic rings. The monoisotopic (exact) mass is 426 g/mol. The Balaban J connectivity index is 1.42. The van der Waals surface area contributed by atoms with Gasteiger partial charge in [0, 0.05) is 12.1 Å². The van der Waals surface area contributed by atoms with E-state index in [0.717, 1.165) is 49.5 Å². The molecule has 166 valence electrons. The fourth-order valence-corrected chi connectivity index (χ4v) is 4.26. The van der Waals surface area contributed by atoms with Crippen LogP contribution in [0.5, 0.6) is 5.75 Å². The Bertz CT molecular complexity index is 1170. The summed E-state index contributed by atoms with van der Waals surface area (Å²) >= 11 is 0. The summed E-state index contributed by atoms with van der Waals surface area (Å²) in [5.74, 6) is 2.62. The molecular weight excluding hydrogens is 392 g/mol. The highest BCUT2D eigenvalue weighted by atomic mass is 16.5. The molecule has 0 amide bonds. The lowest BCUT2D eigenvalue weighted by Gasteiger charge is -2.13. The lowest BCUT2D eigenvalue weighted by atomic mass is 9.99. The normalized spacial score (nSPS) is 12.2. The molecule has 1 heterocycles. The molecule has 0 radical (unpaired) electrons. The van der Waals surface area contributed by atoms with E-state index in [-0.39, 0.29) is 0 Å². The Morgan fingerprint density at radius 3 is 2.47 bits per heavy atom.